The van der Waals surface area contributed by atoms with Crippen LogP contribution in [0.3, 0.4) is 0 Å². The Bertz CT molecular complexity index is 320. The predicted molar refractivity (Wildman–Crippen MR) is 55.9 cm³/mol. The lowest BCUT2D eigenvalue weighted by Gasteiger charge is -2.08. The van der Waals surface area contributed by atoms with Crippen LogP contribution in [0.4, 0.5) is 14.6 Å². The van der Waals surface area contributed by atoms with Crippen molar-refractivity contribution in [1.29, 1.82) is 0 Å². The molecule has 0 unspecified atom stereocenters. The van der Waals surface area contributed by atoms with E-state index in [9.17, 15) is 8.78 Å². The van der Waals surface area contributed by atoms with E-state index in [1.807, 2.05) is 22.6 Å². The van der Waals surface area contributed by atoms with Crippen LogP contribution in [0.5, 0.6) is 0 Å². The van der Waals surface area contributed by atoms with Gasteiger partial charge in [0, 0.05) is 5.88 Å². The minimum atomic E-state index is -2.63. The van der Waals surface area contributed by atoms with Gasteiger partial charge >= 0.3 is 0 Å². The van der Waals surface area contributed by atoms with Crippen molar-refractivity contribution < 1.29 is 8.78 Å². The topological polar surface area (TPSA) is 38.9 Å². The van der Waals surface area contributed by atoms with Gasteiger partial charge in [-0.15, -0.1) is 11.6 Å². The van der Waals surface area contributed by atoms with Crippen molar-refractivity contribution >= 4 is 40.0 Å². The number of nitrogens with two attached hydrogens (primary N) is 1. The van der Waals surface area contributed by atoms with E-state index in [1.165, 1.54) is 6.07 Å². The number of alkyl halides is 3. The quantitative estimate of drug-likeness (QED) is 0.517. The summed E-state index contributed by atoms with van der Waals surface area (Å²) >= 11 is 7.40. The van der Waals surface area contributed by atoms with E-state index in [1.54, 1.807) is 0 Å². The number of halogens is 4. The van der Waals surface area contributed by atoms with Gasteiger partial charge in [0.1, 0.15) is 9.52 Å². The van der Waals surface area contributed by atoms with Gasteiger partial charge in [-0.25, -0.2) is 13.8 Å². The van der Waals surface area contributed by atoms with Crippen LogP contribution in [0.1, 0.15) is 17.6 Å². The van der Waals surface area contributed by atoms with Gasteiger partial charge < -0.3 is 5.73 Å². The van der Waals surface area contributed by atoms with Gasteiger partial charge in [0.05, 0.1) is 5.56 Å². The molecule has 0 saturated carbocycles. The number of aromatic nitrogens is 1. The van der Waals surface area contributed by atoms with Crippen molar-refractivity contribution in [2.75, 3.05) is 5.73 Å². The summed E-state index contributed by atoms with van der Waals surface area (Å²) in [4.78, 5) is 3.73. The van der Waals surface area contributed by atoms with E-state index in [0.29, 0.717) is 9.26 Å². The van der Waals surface area contributed by atoms with Gasteiger partial charge in [0.15, 0.2) is 0 Å². The molecule has 72 valence electrons. The second kappa shape index (κ2) is 4.36. The Morgan fingerprint density at radius 3 is 2.69 bits per heavy atom. The Morgan fingerprint density at radius 2 is 2.23 bits per heavy atom. The molecule has 1 heterocycles. The molecule has 13 heavy (non-hydrogen) atoms. The molecule has 2 nitrogen and oxygen atoms in total. The lowest BCUT2D eigenvalue weighted by molar-refractivity contribution is 0.151. The van der Waals surface area contributed by atoms with Crippen LogP contribution in [0.25, 0.3) is 0 Å². The van der Waals surface area contributed by atoms with Crippen LogP contribution >= 0.6 is 34.2 Å². The molecule has 0 aliphatic heterocycles. The van der Waals surface area contributed by atoms with Gasteiger partial charge in [-0.05, 0) is 34.2 Å². The highest BCUT2D eigenvalue weighted by Crippen LogP contribution is 2.29. The standard InChI is InChI=1S/C7H6ClF2IN2/c8-2-3-1-4(11)13-7(12)5(3)6(9)10/h1,6H,2H2,(H2,12,13). The Morgan fingerprint density at radius 1 is 1.62 bits per heavy atom. The molecular weight excluding hydrogens is 312 g/mol. The molecule has 0 fully saturated rings. The first-order valence-electron chi connectivity index (χ1n) is 3.35. The average molecular weight is 318 g/mol. The third-order valence-corrected chi connectivity index (χ3v) is 2.35. The zero-order valence-corrected chi connectivity index (χ0v) is 9.31. The largest absolute Gasteiger partial charge is 0.383 e. The maximum Gasteiger partial charge on any atom is 0.267 e. The second-order valence-corrected chi connectivity index (χ2v) is 3.71. The lowest BCUT2D eigenvalue weighted by Crippen LogP contribution is -2.03. The molecule has 0 bridgehead atoms. The number of hydrogen-bond donors (Lipinski definition) is 1. The van der Waals surface area contributed by atoms with Crippen LogP contribution < -0.4 is 5.73 Å². The molecule has 0 aliphatic rings. The molecule has 0 amide bonds. The van der Waals surface area contributed by atoms with E-state index < -0.39 is 6.43 Å². The minimum absolute atomic E-state index is 0.0163. The molecule has 0 atom stereocenters. The van der Waals surface area contributed by atoms with Crippen molar-refractivity contribution in [3.63, 3.8) is 0 Å². The van der Waals surface area contributed by atoms with E-state index >= 15 is 0 Å². The summed E-state index contributed by atoms with van der Waals surface area (Å²) in [5.74, 6) is -0.125. The molecule has 1 aromatic rings. The Balaban J connectivity index is 3.30. The zero-order valence-electron chi connectivity index (χ0n) is 6.40. The summed E-state index contributed by atoms with van der Waals surface area (Å²) in [6, 6.07) is 1.51. The molecule has 0 radical (unpaired) electrons. The first-order valence-corrected chi connectivity index (χ1v) is 4.96. The molecule has 0 aliphatic carbocycles. The Hall–Kier alpha value is -0.170. The fourth-order valence-corrected chi connectivity index (χ4v) is 1.81. The van der Waals surface area contributed by atoms with Gasteiger partial charge in [-0.1, -0.05) is 0 Å². The van der Waals surface area contributed by atoms with E-state index in [-0.39, 0.29) is 17.3 Å². The highest BCUT2D eigenvalue weighted by Gasteiger charge is 2.17. The lowest BCUT2D eigenvalue weighted by atomic mass is 10.1. The first-order chi connectivity index (χ1) is 6.06. The van der Waals surface area contributed by atoms with Gasteiger partial charge in [-0.2, -0.15) is 0 Å². The van der Waals surface area contributed by atoms with E-state index in [2.05, 4.69) is 4.98 Å². The van der Waals surface area contributed by atoms with Crippen LogP contribution in [-0.2, 0) is 5.88 Å². The van der Waals surface area contributed by atoms with Crippen molar-refractivity contribution in [1.82, 2.24) is 4.98 Å². The van der Waals surface area contributed by atoms with Crippen LogP contribution in [-0.4, -0.2) is 4.98 Å². The summed E-state index contributed by atoms with van der Waals surface area (Å²) in [6.07, 6.45) is -2.63. The molecule has 1 rings (SSSR count). The van der Waals surface area contributed by atoms with E-state index in [4.69, 9.17) is 17.3 Å². The third-order valence-electron chi connectivity index (χ3n) is 1.50. The van der Waals surface area contributed by atoms with E-state index in [0.717, 1.165) is 0 Å². The second-order valence-electron chi connectivity index (χ2n) is 2.34. The summed E-state index contributed by atoms with van der Waals surface area (Å²) in [5, 5.41) is 0. The van der Waals surface area contributed by atoms with Gasteiger partial charge in [0.25, 0.3) is 6.43 Å². The smallest absolute Gasteiger partial charge is 0.267 e. The number of pyridine rings is 1. The number of nitrogens with zero attached hydrogens (tertiary/aromatic N) is 1. The molecule has 1 aromatic heterocycles. The normalized spacial score (nSPS) is 10.8. The number of rotatable bonds is 2. The third kappa shape index (κ3) is 2.40. The molecule has 6 heteroatoms. The monoisotopic (exact) mass is 318 g/mol. The summed E-state index contributed by atoms with van der Waals surface area (Å²) in [7, 11) is 0. The molecular formula is C7H6ClF2IN2. The fourth-order valence-electron chi connectivity index (χ4n) is 0.956. The maximum atomic E-state index is 12.4. The molecule has 0 spiro atoms. The fraction of sp³-hybridized carbons (Fsp3) is 0.286. The SMILES string of the molecule is Nc1nc(I)cc(CCl)c1C(F)F. The van der Waals surface area contributed by atoms with Crippen molar-refractivity contribution in [3.05, 3.63) is 20.9 Å². The first kappa shape index (κ1) is 10.9. The highest BCUT2D eigenvalue weighted by atomic mass is 127. The van der Waals surface area contributed by atoms with Crippen LogP contribution in [0, 0.1) is 3.70 Å². The summed E-state index contributed by atoms with van der Waals surface area (Å²) < 4.78 is 25.4. The number of anilines is 1. The molecule has 0 aromatic carbocycles. The summed E-state index contributed by atoms with van der Waals surface area (Å²) in [6.45, 7) is 0. The number of nitrogen functional groups attached to an aromatic ring is 1. The van der Waals surface area contributed by atoms with Crippen molar-refractivity contribution in [2.45, 2.75) is 12.3 Å². The minimum Gasteiger partial charge on any atom is -0.383 e. The average Bonchev–Trinajstić information content (AvgIpc) is 2.01. The molecule has 2 N–H and O–H groups in total. The molecule has 0 saturated heterocycles. The Kier molecular flexibility index (Phi) is 3.66. The predicted octanol–water partition coefficient (Wildman–Crippen LogP) is 2.94. The van der Waals surface area contributed by atoms with Gasteiger partial charge in [-0.3, -0.25) is 0 Å². The van der Waals surface area contributed by atoms with Crippen LogP contribution in [0.15, 0.2) is 6.07 Å². The Labute approximate surface area is 92.6 Å². The zero-order chi connectivity index (χ0) is 10.0. The van der Waals surface area contributed by atoms with Crippen molar-refractivity contribution in [2.24, 2.45) is 0 Å². The summed E-state index contributed by atoms with van der Waals surface area (Å²) in [5.41, 5.74) is 5.43. The maximum absolute atomic E-state index is 12.4. The van der Waals surface area contributed by atoms with Crippen LogP contribution in [0.2, 0.25) is 0 Å². The van der Waals surface area contributed by atoms with Gasteiger partial charge in [0.2, 0.25) is 0 Å². The highest BCUT2D eigenvalue weighted by molar-refractivity contribution is 14.1. The number of hydrogen-bond acceptors (Lipinski definition) is 2. The van der Waals surface area contributed by atoms with Crippen molar-refractivity contribution in [3.8, 4) is 0 Å².